The molecule has 12 heavy (non-hydrogen) atoms. The predicted octanol–water partition coefficient (Wildman–Crippen LogP) is 0.775. The van der Waals surface area contributed by atoms with Crippen LogP contribution in [0.5, 0.6) is 0 Å². The van der Waals surface area contributed by atoms with E-state index in [1.54, 1.807) is 13.8 Å². The summed E-state index contributed by atoms with van der Waals surface area (Å²) >= 11 is 0. The van der Waals surface area contributed by atoms with E-state index in [4.69, 9.17) is 10.5 Å². The SMILES string of the molecule is CC(C)(O)CC1(OC(N)=O)CC1. The molecule has 0 radical (unpaired) electrons. The van der Waals surface area contributed by atoms with Crippen LogP contribution in [0.4, 0.5) is 4.79 Å². The van der Waals surface area contributed by atoms with Crippen LogP contribution in [0.1, 0.15) is 33.1 Å². The molecule has 0 aliphatic heterocycles. The van der Waals surface area contributed by atoms with E-state index in [0.29, 0.717) is 6.42 Å². The third-order valence-electron chi connectivity index (χ3n) is 1.88. The summed E-state index contributed by atoms with van der Waals surface area (Å²) in [6, 6.07) is 0. The Morgan fingerprint density at radius 1 is 1.67 bits per heavy atom. The number of hydrogen-bond acceptors (Lipinski definition) is 3. The smallest absolute Gasteiger partial charge is 0.405 e. The van der Waals surface area contributed by atoms with Gasteiger partial charge in [0.1, 0.15) is 5.60 Å². The summed E-state index contributed by atoms with van der Waals surface area (Å²) in [7, 11) is 0. The number of nitrogens with two attached hydrogens (primary N) is 1. The Morgan fingerprint density at radius 2 is 2.17 bits per heavy atom. The van der Waals surface area contributed by atoms with Gasteiger partial charge in [0.05, 0.1) is 5.60 Å². The van der Waals surface area contributed by atoms with Crippen molar-refractivity contribution in [3.63, 3.8) is 0 Å². The maximum absolute atomic E-state index is 10.5. The molecule has 4 nitrogen and oxygen atoms in total. The fourth-order valence-corrected chi connectivity index (χ4v) is 1.46. The minimum absolute atomic E-state index is 0.461. The van der Waals surface area contributed by atoms with Gasteiger partial charge in [0.2, 0.25) is 0 Å². The van der Waals surface area contributed by atoms with Gasteiger partial charge < -0.3 is 15.6 Å². The van der Waals surface area contributed by atoms with Crippen LogP contribution in [0.15, 0.2) is 0 Å². The third kappa shape index (κ3) is 2.70. The predicted molar refractivity (Wildman–Crippen MR) is 43.5 cm³/mol. The van der Waals surface area contributed by atoms with E-state index in [1.807, 2.05) is 0 Å². The van der Waals surface area contributed by atoms with Crippen molar-refractivity contribution < 1.29 is 14.6 Å². The normalized spacial score (nSPS) is 20.2. The molecule has 1 saturated carbocycles. The average Bonchev–Trinajstić information content (AvgIpc) is 2.40. The van der Waals surface area contributed by atoms with E-state index >= 15 is 0 Å². The van der Waals surface area contributed by atoms with Crippen LogP contribution >= 0.6 is 0 Å². The van der Waals surface area contributed by atoms with Gasteiger partial charge >= 0.3 is 6.09 Å². The minimum atomic E-state index is -0.800. The van der Waals surface area contributed by atoms with Crippen LogP contribution in [-0.4, -0.2) is 22.4 Å². The Hall–Kier alpha value is -0.770. The highest BCUT2D eigenvalue weighted by atomic mass is 16.6. The van der Waals surface area contributed by atoms with Crippen LogP contribution in [0, 0.1) is 0 Å². The molecule has 1 rings (SSSR count). The summed E-state index contributed by atoms with van der Waals surface area (Å²) in [4.78, 5) is 10.5. The first-order valence-corrected chi connectivity index (χ1v) is 4.04. The summed E-state index contributed by atoms with van der Waals surface area (Å²) in [5, 5.41) is 9.47. The van der Waals surface area contributed by atoms with Crippen molar-refractivity contribution in [3.05, 3.63) is 0 Å². The first kappa shape index (κ1) is 9.32. The van der Waals surface area contributed by atoms with E-state index in [-0.39, 0.29) is 0 Å². The van der Waals surface area contributed by atoms with Gasteiger partial charge in [-0.2, -0.15) is 0 Å². The molecule has 1 aliphatic carbocycles. The van der Waals surface area contributed by atoms with Crippen molar-refractivity contribution in [2.75, 3.05) is 0 Å². The van der Waals surface area contributed by atoms with Gasteiger partial charge in [-0.3, -0.25) is 0 Å². The molecule has 1 aliphatic rings. The monoisotopic (exact) mass is 173 g/mol. The zero-order valence-electron chi connectivity index (χ0n) is 7.46. The molecular formula is C8H15NO3. The van der Waals surface area contributed by atoms with Gasteiger partial charge in [-0.05, 0) is 26.7 Å². The molecule has 0 aromatic carbocycles. The number of carbonyl (C=O) groups excluding carboxylic acids is 1. The van der Waals surface area contributed by atoms with Gasteiger partial charge in [-0.25, -0.2) is 4.79 Å². The molecule has 0 bridgehead atoms. The zero-order chi connectivity index (χ0) is 9.41. The molecule has 1 amide bonds. The molecule has 3 N–H and O–H groups in total. The van der Waals surface area contributed by atoms with Crippen LogP contribution in [0.25, 0.3) is 0 Å². The largest absolute Gasteiger partial charge is 0.443 e. The molecule has 0 heterocycles. The quantitative estimate of drug-likeness (QED) is 0.662. The van der Waals surface area contributed by atoms with E-state index in [2.05, 4.69) is 0 Å². The van der Waals surface area contributed by atoms with Crippen molar-refractivity contribution >= 4 is 6.09 Å². The Labute approximate surface area is 71.7 Å². The molecule has 1 fully saturated rings. The second kappa shape index (κ2) is 2.62. The van der Waals surface area contributed by atoms with Gasteiger partial charge in [-0.15, -0.1) is 0 Å². The van der Waals surface area contributed by atoms with Gasteiger partial charge in [-0.1, -0.05) is 0 Å². The maximum atomic E-state index is 10.5. The standard InChI is InChI=1S/C8H15NO3/c1-7(2,11)5-8(3-4-8)12-6(9)10/h11H,3-5H2,1-2H3,(H2,9,10). The summed E-state index contributed by atoms with van der Waals surface area (Å²) < 4.78 is 4.90. The van der Waals surface area contributed by atoms with Crippen molar-refractivity contribution in [3.8, 4) is 0 Å². The summed E-state index contributed by atoms with van der Waals surface area (Å²) in [5.74, 6) is 0. The number of hydrogen-bond donors (Lipinski definition) is 2. The summed E-state index contributed by atoms with van der Waals surface area (Å²) in [6.07, 6.45) is 1.32. The van der Waals surface area contributed by atoms with E-state index in [1.165, 1.54) is 0 Å². The van der Waals surface area contributed by atoms with Crippen LogP contribution in [0.3, 0.4) is 0 Å². The molecule has 0 spiro atoms. The second-order valence-corrected chi connectivity index (χ2v) is 4.09. The van der Waals surface area contributed by atoms with Gasteiger partial charge in [0.15, 0.2) is 0 Å². The number of primary amides is 1. The maximum Gasteiger partial charge on any atom is 0.405 e. The third-order valence-corrected chi connectivity index (χ3v) is 1.88. The molecule has 0 saturated heterocycles. The lowest BCUT2D eigenvalue weighted by Crippen LogP contribution is -2.32. The van der Waals surface area contributed by atoms with Crippen molar-refractivity contribution in [2.45, 2.75) is 44.3 Å². The van der Waals surface area contributed by atoms with Crippen molar-refractivity contribution in [1.29, 1.82) is 0 Å². The lowest BCUT2D eigenvalue weighted by atomic mass is 9.99. The minimum Gasteiger partial charge on any atom is -0.443 e. The van der Waals surface area contributed by atoms with E-state index in [9.17, 15) is 9.90 Å². The molecule has 0 aromatic heterocycles. The van der Waals surface area contributed by atoms with Gasteiger partial charge in [0, 0.05) is 6.42 Å². The molecular weight excluding hydrogens is 158 g/mol. The first-order chi connectivity index (χ1) is 5.33. The molecule has 0 unspecified atom stereocenters. The van der Waals surface area contributed by atoms with Crippen molar-refractivity contribution in [1.82, 2.24) is 0 Å². The number of aliphatic hydroxyl groups is 1. The lowest BCUT2D eigenvalue weighted by molar-refractivity contribution is -0.000412. The number of rotatable bonds is 3. The zero-order valence-corrected chi connectivity index (χ0v) is 7.46. The van der Waals surface area contributed by atoms with Gasteiger partial charge in [0.25, 0.3) is 0 Å². The van der Waals surface area contributed by atoms with Crippen molar-refractivity contribution in [2.24, 2.45) is 5.73 Å². The molecule has 70 valence electrons. The summed E-state index contributed by atoms with van der Waals surface area (Å²) in [6.45, 7) is 3.38. The Kier molecular flexibility index (Phi) is 2.04. The van der Waals surface area contributed by atoms with Crippen LogP contribution in [0.2, 0.25) is 0 Å². The number of ether oxygens (including phenoxy) is 1. The van der Waals surface area contributed by atoms with E-state index in [0.717, 1.165) is 12.8 Å². The van der Waals surface area contributed by atoms with Crippen LogP contribution < -0.4 is 5.73 Å². The lowest BCUT2D eigenvalue weighted by Gasteiger charge is -2.23. The first-order valence-electron chi connectivity index (χ1n) is 4.04. The molecule has 0 atom stereocenters. The van der Waals surface area contributed by atoms with E-state index < -0.39 is 17.3 Å². The molecule has 4 heteroatoms. The molecule has 0 aromatic rings. The highest BCUT2D eigenvalue weighted by Crippen LogP contribution is 2.45. The number of amides is 1. The Balaban J connectivity index is 2.45. The number of carbonyl (C=O) groups is 1. The average molecular weight is 173 g/mol. The second-order valence-electron chi connectivity index (χ2n) is 4.09. The highest BCUT2D eigenvalue weighted by molar-refractivity contribution is 5.65. The fraction of sp³-hybridized carbons (Fsp3) is 0.875. The van der Waals surface area contributed by atoms with Crippen LogP contribution in [-0.2, 0) is 4.74 Å². The fourth-order valence-electron chi connectivity index (χ4n) is 1.46. The Bertz CT molecular complexity index is 191. The topological polar surface area (TPSA) is 72.6 Å². The highest BCUT2D eigenvalue weighted by Gasteiger charge is 2.49. The summed E-state index contributed by atoms with van der Waals surface area (Å²) in [5.41, 5.74) is 3.63. The Morgan fingerprint density at radius 3 is 2.42 bits per heavy atom.